The number of nitrogens with zero attached hydrogens (tertiary/aromatic N) is 2. The highest BCUT2D eigenvalue weighted by Gasteiger charge is 2.22. The van der Waals surface area contributed by atoms with Gasteiger partial charge in [0.1, 0.15) is 0 Å². The molecule has 1 radical (unpaired) electrons. The highest BCUT2D eigenvalue weighted by molar-refractivity contribution is 6.45. The molecule has 2 rings (SSSR count). The minimum absolute atomic E-state index is 0.260. The molecule has 4 nitrogen and oxygen atoms in total. The summed E-state index contributed by atoms with van der Waals surface area (Å²) in [5, 5.41) is 3.49. The number of oxime groups is 1. The molecule has 1 aliphatic rings. The summed E-state index contributed by atoms with van der Waals surface area (Å²) in [5.41, 5.74) is 4.14. The summed E-state index contributed by atoms with van der Waals surface area (Å²) in [6.45, 7) is 0. The van der Waals surface area contributed by atoms with Gasteiger partial charge in [0.05, 0.1) is 0 Å². The van der Waals surface area contributed by atoms with E-state index >= 15 is 0 Å². The molecule has 0 saturated carbocycles. The number of rotatable bonds is 1. The molecule has 0 N–H and O–H groups in total. The second kappa shape index (κ2) is 2.65. The summed E-state index contributed by atoms with van der Waals surface area (Å²) in [4.78, 5) is 15.2. The van der Waals surface area contributed by atoms with Gasteiger partial charge in [-0.2, -0.15) is 0 Å². The molecule has 0 unspecified atom stereocenters. The lowest BCUT2D eigenvalue weighted by atomic mass is 10.1. The molecule has 12 heavy (non-hydrogen) atoms. The van der Waals surface area contributed by atoms with E-state index in [0.29, 0.717) is 0 Å². The highest BCUT2D eigenvalue weighted by Crippen LogP contribution is 2.05. The van der Waals surface area contributed by atoms with Crippen molar-refractivity contribution < 1.29 is 9.73 Å². The van der Waals surface area contributed by atoms with Gasteiger partial charge < -0.3 is 0 Å². The third-order valence-corrected chi connectivity index (χ3v) is 1.51. The van der Waals surface area contributed by atoms with Crippen LogP contribution in [0.4, 0.5) is 0 Å². The molecule has 0 spiro atoms. The molecule has 59 valence electrons. The Morgan fingerprint density at radius 3 is 2.50 bits per heavy atom. The van der Waals surface area contributed by atoms with E-state index in [1.807, 2.05) is 18.2 Å². The van der Waals surface area contributed by atoms with Crippen LogP contribution in [0.5, 0.6) is 0 Å². The van der Waals surface area contributed by atoms with Gasteiger partial charge in [-0.15, -0.1) is 0 Å². The Morgan fingerprint density at radius 2 is 1.92 bits per heavy atom. The van der Waals surface area contributed by atoms with Crippen LogP contribution < -0.4 is 5.48 Å². The van der Waals surface area contributed by atoms with E-state index in [1.165, 1.54) is 0 Å². The first kappa shape index (κ1) is 6.84. The van der Waals surface area contributed by atoms with Gasteiger partial charge in [-0.25, -0.2) is 4.94 Å². The summed E-state index contributed by atoms with van der Waals surface area (Å²) in [6, 6.07) is 9.07. The van der Waals surface area contributed by atoms with Crippen LogP contribution in [0.1, 0.15) is 5.56 Å². The Balaban J connectivity index is 2.38. The Hall–Kier alpha value is -1.84. The van der Waals surface area contributed by atoms with Crippen LogP contribution in [0.3, 0.4) is 0 Å². The topological polar surface area (TPSA) is 52.8 Å². The van der Waals surface area contributed by atoms with Gasteiger partial charge in [0.25, 0.3) is 0 Å². The molecule has 1 aliphatic heterocycles. The maximum Gasteiger partial charge on any atom is 0.337 e. The average Bonchev–Trinajstić information content (AvgIpc) is 2.53. The summed E-state index contributed by atoms with van der Waals surface area (Å²) in [6.07, 6.45) is 0. The Kier molecular flexibility index (Phi) is 1.51. The lowest BCUT2D eigenvalue weighted by molar-refractivity contribution is -0.123. The van der Waals surface area contributed by atoms with Crippen molar-refractivity contribution >= 4 is 11.6 Å². The fourth-order valence-corrected chi connectivity index (χ4v) is 0.953. The molecule has 0 fully saturated rings. The molecule has 0 bridgehead atoms. The van der Waals surface area contributed by atoms with Crippen LogP contribution in [0.2, 0.25) is 0 Å². The van der Waals surface area contributed by atoms with Crippen molar-refractivity contribution in [3.63, 3.8) is 0 Å². The normalized spacial score (nSPS) is 15.0. The molecule has 4 heteroatoms. The fourth-order valence-electron chi connectivity index (χ4n) is 0.953. The monoisotopic (exact) mass is 161 g/mol. The zero-order valence-electron chi connectivity index (χ0n) is 6.10. The molecule has 1 aromatic rings. The van der Waals surface area contributed by atoms with Gasteiger partial charge in [0, 0.05) is 5.56 Å². The number of benzene rings is 1. The van der Waals surface area contributed by atoms with Gasteiger partial charge in [-0.1, -0.05) is 30.3 Å². The van der Waals surface area contributed by atoms with Crippen molar-refractivity contribution in [3.8, 4) is 0 Å². The van der Waals surface area contributed by atoms with Crippen LogP contribution in [-0.4, -0.2) is 11.6 Å². The average molecular weight is 161 g/mol. The molecular formula is C8H5N2O2. The van der Waals surface area contributed by atoms with E-state index in [2.05, 4.69) is 15.6 Å². The summed E-state index contributed by atoms with van der Waals surface area (Å²) in [7, 11) is 0. The van der Waals surface area contributed by atoms with E-state index in [0.717, 1.165) is 5.56 Å². The fraction of sp³-hybridized carbons (Fsp3) is 0. The zero-order chi connectivity index (χ0) is 8.39. The van der Waals surface area contributed by atoms with Crippen molar-refractivity contribution in [1.29, 1.82) is 0 Å². The second-order valence-electron chi connectivity index (χ2n) is 2.28. The minimum atomic E-state index is -0.429. The Bertz CT molecular complexity index is 332. The molecule has 0 aromatic heterocycles. The number of hydroxylamine groups is 1. The molecule has 0 atom stereocenters. The standard InChI is InChI=1S/C8H5N2O2/c11-8-7(9-12-10-8)6-4-2-1-3-5-6/h1-5H. The maximum atomic E-state index is 11.0. The van der Waals surface area contributed by atoms with Gasteiger partial charge in [-0.3, -0.25) is 4.79 Å². The van der Waals surface area contributed by atoms with Gasteiger partial charge >= 0.3 is 5.91 Å². The lowest BCUT2D eigenvalue weighted by Gasteiger charge is -1.92. The number of hydrogen-bond donors (Lipinski definition) is 0. The predicted molar refractivity (Wildman–Crippen MR) is 41.2 cm³/mol. The quantitative estimate of drug-likeness (QED) is 0.601. The van der Waals surface area contributed by atoms with Gasteiger partial charge in [0.15, 0.2) is 5.71 Å². The highest BCUT2D eigenvalue weighted by atomic mass is 16.8. The molecule has 1 amide bonds. The number of amides is 1. The van der Waals surface area contributed by atoms with Gasteiger partial charge in [0.2, 0.25) is 0 Å². The zero-order valence-corrected chi connectivity index (χ0v) is 6.10. The number of hydrogen-bond acceptors (Lipinski definition) is 3. The van der Waals surface area contributed by atoms with E-state index in [9.17, 15) is 4.79 Å². The predicted octanol–water partition coefficient (Wildman–Crippen LogP) is 0.467. The number of carbonyl (C=O) groups excluding carboxylic acids is 1. The molecule has 1 heterocycles. The second-order valence-corrected chi connectivity index (χ2v) is 2.28. The lowest BCUT2D eigenvalue weighted by Crippen LogP contribution is -2.16. The molecule has 1 aromatic carbocycles. The smallest absolute Gasteiger partial charge is 0.261 e. The largest absolute Gasteiger partial charge is 0.337 e. The summed E-state index contributed by atoms with van der Waals surface area (Å²) >= 11 is 0. The first-order valence-corrected chi connectivity index (χ1v) is 3.43. The molecular weight excluding hydrogens is 156 g/mol. The third-order valence-electron chi connectivity index (χ3n) is 1.51. The molecule has 0 aliphatic carbocycles. The SMILES string of the molecule is O=C1[N]ON=C1c1ccccc1. The molecule has 0 saturated heterocycles. The van der Waals surface area contributed by atoms with Crippen molar-refractivity contribution in [2.45, 2.75) is 0 Å². The van der Waals surface area contributed by atoms with E-state index in [-0.39, 0.29) is 5.71 Å². The Morgan fingerprint density at radius 1 is 1.17 bits per heavy atom. The van der Waals surface area contributed by atoms with Gasteiger partial charge in [-0.05, 0) is 10.6 Å². The van der Waals surface area contributed by atoms with E-state index in [4.69, 9.17) is 0 Å². The summed E-state index contributed by atoms with van der Waals surface area (Å²) < 4.78 is 0. The van der Waals surface area contributed by atoms with Crippen LogP contribution in [0.25, 0.3) is 0 Å². The van der Waals surface area contributed by atoms with Crippen molar-refractivity contribution in [3.05, 3.63) is 35.9 Å². The van der Waals surface area contributed by atoms with Crippen molar-refractivity contribution in [2.24, 2.45) is 5.16 Å². The van der Waals surface area contributed by atoms with Crippen molar-refractivity contribution in [2.75, 3.05) is 0 Å². The van der Waals surface area contributed by atoms with Crippen LogP contribution in [0.15, 0.2) is 35.5 Å². The third kappa shape index (κ3) is 1.03. The van der Waals surface area contributed by atoms with Crippen LogP contribution >= 0.6 is 0 Å². The first-order chi connectivity index (χ1) is 5.88. The minimum Gasteiger partial charge on any atom is -0.261 e. The number of carbonyl (C=O) groups is 1. The first-order valence-electron chi connectivity index (χ1n) is 3.43. The van der Waals surface area contributed by atoms with E-state index < -0.39 is 5.91 Å². The van der Waals surface area contributed by atoms with Crippen LogP contribution in [0, 0.1) is 0 Å². The van der Waals surface area contributed by atoms with E-state index in [1.54, 1.807) is 12.1 Å². The van der Waals surface area contributed by atoms with Crippen LogP contribution in [-0.2, 0) is 9.73 Å². The van der Waals surface area contributed by atoms with Crippen molar-refractivity contribution in [1.82, 2.24) is 5.48 Å². The Labute approximate surface area is 68.8 Å². The maximum absolute atomic E-state index is 11.0. The summed E-state index contributed by atoms with van der Waals surface area (Å²) in [5.74, 6) is -0.429.